The molecule has 1 amide bonds. The zero-order chi connectivity index (χ0) is 17.1. The van der Waals surface area contributed by atoms with Gasteiger partial charge in [-0.05, 0) is 42.9 Å². The van der Waals surface area contributed by atoms with Gasteiger partial charge in [0.25, 0.3) is 0 Å². The van der Waals surface area contributed by atoms with Gasteiger partial charge in [-0.2, -0.15) is 0 Å². The van der Waals surface area contributed by atoms with Gasteiger partial charge in [0.05, 0.1) is 19.3 Å². The monoisotopic (exact) mass is 335 g/mol. The third-order valence-electron chi connectivity index (χ3n) is 5.28. The van der Waals surface area contributed by atoms with Gasteiger partial charge in [0, 0.05) is 13.0 Å². The van der Waals surface area contributed by atoms with E-state index in [2.05, 4.69) is 0 Å². The highest BCUT2D eigenvalue weighted by Crippen LogP contribution is 2.29. The van der Waals surface area contributed by atoms with Gasteiger partial charge >= 0.3 is 0 Å². The van der Waals surface area contributed by atoms with Crippen LogP contribution in [0, 0.1) is 18.7 Å². The van der Waals surface area contributed by atoms with Crippen LogP contribution in [0.15, 0.2) is 18.2 Å². The number of hydrogen-bond donors (Lipinski definition) is 1. The van der Waals surface area contributed by atoms with E-state index >= 15 is 0 Å². The van der Waals surface area contributed by atoms with Crippen molar-refractivity contribution in [1.29, 1.82) is 0 Å². The molecule has 132 valence electrons. The van der Waals surface area contributed by atoms with Gasteiger partial charge < -0.3 is 14.7 Å². The van der Waals surface area contributed by atoms with Crippen molar-refractivity contribution in [1.82, 2.24) is 4.90 Å². The van der Waals surface area contributed by atoms with Crippen molar-refractivity contribution in [2.45, 2.75) is 51.2 Å². The largest absolute Gasteiger partial charge is 0.393 e. The van der Waals surface area contributed by atoms with Gasteiger partial charge in [-0.25, -0.2) is 4.39 Å². The number of aryl methyl sites for hydroxylation is 1. The zero-order valence-electron chi connectivity index (χ0n) is 14.2. The number of rotatable bonds is 3. The summed E-state index contributed by atoms with van der Waals surface area (Å²) in [6, 6.07) is 4.97. The number of carbonyl (C=O) groups excluding carboxylic acids is 1. The zero-order valence-corrected chi connectivity index (χ0v) is 14.2. The minimum atomic E-state index is -0.348. The van der Waals surface area contributed by atoms with Crippen LogP contribution in [0.2, 0.25) is 0 Å². The molecule has 2 fully saturated rings. The maximum Gasteiger partial charge on any atom is 0.223 e. The van der Waals surface area contributed by atoms with E-state index in [4.69, 9.17) is 4.74 Å². The Balaban J connectivity index is 1.62. The molecule has 1 saturated carbocycles. The van der Waals surface area contributed by atoms with E-state index in [-0.39, 0.29) is 29.9 Å². The molecular weight excluding hydrogens is 309 g/mol. The third kappa shape index (κ3) is 3.95. The molecular formula is C19H26FNO3. The molecule has 0 spiro atoms. The fraction of sp³-hybridized carbons (Fsp3) is 0.632. The maximum atomic E-state index is 13.4. The summed E-state index contributed by atoms with van der Waals surface area (Å²) in [7, 11) is 0. The molecule has 0 unspecified atom stereocenters. The summed E-state index contributed by atoms with van der Waals surface area (Å²) in [6.45, 7) is 3.29. The van der Waals surface area contributed by atoms with Crippen LogP contribution in [0.3, 0.4) is 0 Å². The SMILES string of the molecule is Cc1cc([C@@H]2CN(C(=O)C[C@H]3CCCC[C@@H]3O)CCO2)ccc1F. The Hall–Kier alpha value is -1.46. The van der Waals surface area contributed by atoms with Crippen molar-refractivity contribution in [3.05, 3.63) is 35.1 Å². The second-order valence-corrected chi connectivity index (χ2v) is 7.02. The number of halogens is 1. The molecule has 1 heterocycles. The first-order chi connectivity index (χ1) is 11.5. The van der Waals surface area contributed by atoms with Crippen LogP contribution >= 0.6 is 0 Å². The van der Waals surface area contributed by atoms with Crippen LogP contribution in [0.1, 0.15) is 49.3 Å². The summed E-state index contributed by atoms with van der Waals surface area (Å²) in [5.74, 6) is -0.0533. The fourth-order valence-electron chi connectivity index (χ4n) is 3.73. The summed E-state index contributed by atoms with van der Waals surface area (Å²) >= 11 is 0. The van der Waals surface area contributed by atoms with E-state index in [0.29, 0.717) is 31.7 Å². The Kier molecular flexibility index (Phi) is 5.51. The van der Waals surface area contributed by atoms with Crippen LogP contribution in [0.25, 0.3) is 0 Å². The van der Waals surface area contributed by atoms with Crippen LogP contribution in [-0.2, 0) is 9.53 Å². The smallest absolute Gasteiger partial charge is 0.223 e. The summed E-state index contributed by atoms with van der Waals surface area (Å²) in [6.07, 6.45) is 3.73. The van der Waals surface area contributed by atoms with E-state index in [0.717, 1.165) is 31.2 Å². The number of nitrogens with zero attached hydrogens (tertiary/aromatic N) is 1. The predicted octanol–water partition coefficient (Wildman–Crippen LogP) is 2.98. The number of aliphatic hydroxyl groups excluding tert-OH is 1. The third-order valence-corrected chi connectivity index (χ3v) is 5.28. The van der Waals surface area contributed by atoms with E-state index in [1.165, 1.54) is 6.07 Å². The van der Waals surface area contributed by atoms with Gasteiger partial charge in [0.1, 0.15) is 11.9 Å². The average Bonchev–Trinajstić information content (AvgIpc) is 2.59. The van der Waals surface area contributed by atoms with Gasteiger partial charge in [-0.1, -0.05) is 25.0 Å². The Bertz CT molecular complexity index is 592. The van der Waals surface area contributed by atoms with Gasteiger partial charge in [-0.15, -0.1) is 0 Å². The molecule has 3 rings (SSSR count). The molecule has 1 aliphatic heterocycles. The molecule has 0 radical (unpaired) electrons. The average molecular weight is 335 g/mol. The fourth-order valence-corrected chi connectivity index (χ4v) is 3.73. The second-order valence-electron chi connectivity index (χ2n) is 7.02. The molecule has 1 aromatic rings. The van der Waals surface area contributed by atoms with Crippen LogP contribution in [-0.4, -0.2) is 41.7 Å². The number of aliphatic hydroxyl groups is 1. The predicted molar refractivity (Wildman–Crippen MR) is 89.0 cm³/mol. The van der Waals surface area contributed by atoms with E-state index in [9.17, 15) is 14.3 Å². The number of carbonyl (C=O) groups is 1. The minimum absolute atomic E-state index is 0.0839. The lowest BCUT2D eigenvalue weighted by molar-refractivity contribution is -0.141. The number of ether oxygens (including phenoxy) is 1. The van der Waals surface area contributed by atoms with Crippen molar-refractivity contribution < 1.29 is 19.0 Å². The maximum absolute atomic E-state index is 13.4. The Morgan fingerprint density at radius 3 is 2.92 bits per heavy atom. The molecule has 3 atom stereocenters. The molecule has 1 saturated heterocycles. The number of morpholine rings is 1. The van der Waals surface area contributed by atoms with Crippen LogP contribution in [0.4, 0.5) is 4.39 Å². The number of benzene rings is 1. The molecule has 4 nitrogen and oxygen atoms in total. The highest BCUT2D eigenvalue weighted by atomic mass is 19.1. The molecule has 2 aliphatic rings. The highest BCUT2D eigenvalue weighted by molar-refractivity contribution is 5.76. The quantitative estimate of drug-likeness (QED) is 0.924. The van der Waals surface area contributed by atoms with Crippen molar-refractivity contribution >= 4 is 5.91 Å². The molecule has 5 heteroatoms. The normalized spacial score (nSPS) is 28.0. The summed E-state index contributed by atoms with van der Waals surface area (Å²) in [5.41, 5.74) is 1.49. The van der Waals surface area contributed by atoms with Crippen LogP contribution < -0.4 is 0 Å². The second kappa shape index (κ2) is 7.62. The number of amides is 1. The topological polar surface area (TPSA) is 49.8 Å². The standard InChI is InChI=1S/C19H26FNO3/c1-13-10-15(6-7-16(13)20)18-12-21(8-9-24-18)19(23)11-14-4-2-3-5-17(14)22/h6-7,10,14,17-18,22H,2-5,8-9,11-12H2,1H3/t14-,17+,18+/m1/s1. The number of hydrogen-bond acceptors (Lipinski definition) is 3. The Morgan fingerprint density at radius 1 is 1.38 bits per heavy atom. The van der Waals surface area contributed by atoms with Crippen molar-refractivity contribution in [3.8, 4) is 0 Å². The van der Waals surface area contributed by atoms with Gasteiger partial charge in [0.2, 0.25) is 5.91 Å². The lowest BCUT2D eigenvalue weighted by Gasteiger charge is -2.35. The van der Waals surface area contributed by atoms with Crippen LogP contribution in [0.5, 0.6) is 0 Å². The summed E-state index contributed by atoms with van der Waals surface area (Å²) in [5, 5.41) is 10.1. The van der Waals surface area contributed by atoms with E-state index in [1.807, 2.05) is 4.90 Å². The first-order valence-corrected chi connectivity index (χ1v) is 8.88. The van der Waals surface area contributed by atoms with Crippen molar-refractivity contribution in [2.24, 2.45) is 5.92 Å². The lowest BCUT2D eigenvalue weighted by atomic mass is 9.84. The summed E-state index contributed by atoms with van der Waals surface area (Å²) < 4.78 is 19.2. The van der Waals surface area contributed by atoms with E-state index in [1.54, 1.807) is 19.1 Å². The van der Waals surface area contributed by atoms with Crippen molar-refractivity contribution in [2.75, 3.05) is 19.7 Å². The molecule has 1 aromatic carbocycles. The first-order valence-electron chi connectivity index (χ1n) is 8.88. The molecule has 0 bridgehead atoms. The van der Waals surface area contributed by atoms with Gasteiger partial charge in [-0.3, -0.25) is 4.79 Å². The molecule has 24 heavy (non-hydrogen) atoms. The Morgan fingerprint density at radius 2 is 2.17 bits per heavy atom. The summed E-state index contributed by atoms with van der Waals surface area (Å²) in [4.78, 5) is 14.4. The van der Waals surface area contributed by atoms with Gasteiger partial charge in [0.15, 0.2) is 0 Å². The first kappa shape index (κ1) is 17.4. The van der Waals surface area contributed by atoms with E-state index < -0.39 is 0 Å². The minimum Gasteiger partial charge on any atom is -0.393 e. The molecule has 1 aliphatic carbocycles. The molecule has 1 N–H and O–H groups in total. The van der Waals surface area contributed by atoms with Crippen molar-refractivity contribution in [3.63, 3.8) is 0 Å². The Labute approximate surface area is 142 Å². The lowest BCUT2D eigenvalue weighted by Crippen LogP contribution is -2.43. The highest BCUT2D eigenvalue weighted by Gasteiger charge is 2.30. The molecule has 0 aromatic heterocycles.